The van der Waals surface area contributed by atoms with E-state index in [9.17, 15) is 5.11 Å². The molecule has 4 nitrogen and oxygen atoms in total. The highest BCUT2D eigenvalue weighted by molar-refractivity contribution is 5.63. The van der Waals surface area contributed by atoms with E-state index < -0.39 is 0 Å². The van der Waals surface area contributed by atoms with Crippen LogP contribution in [0, 0.1) is 0 Å². The van der Waals surface area contributed by atoms with Crippen LogP contribution in [-0.4, -0.2) is 26.2 Å². The van der Waals surface area contributed by atoms with Crippen molar-refractivity contribution in [1.82, 2.24) is 15.0 Å². The van der Waals surface area contributed by atoms with E-state index in [0.29, 0.717) is 5.82 Å². The second kappa shape index (κ2) is 10.4. The lowest BCUT2D eigenvalue weighted by Crippen LogP contribution is -1.97. The summed E-state index contributed by atoms with van der Waals surface area (Å²) in [5.41, 5.74) is 5.11. The van der Waals surface area contributed by atoms with Crippen molar-refractivity contribution in [3.05, 3.63) is 84.8 Å². The molecule has 0 saturated carbocycles. The molecule has 1 aromatic carbocycles. The molecule has 0 aliphatic rings. The van der Waals surface area contributed by atoms with E-state index in [0.717, 1.165) is 48.1 Å². The predicted molar refractivity (Wildman–Crippen MR) is 119 cm³/mol. The number of pyridine rings is 1. The fourth-order valence-electron chi connectivity index (χ4n) is 3.00. The molecule has 0 radical (unpaired) electrons. The summed E-state index contributed by atoms with van der Waals surface area (Å²) in [6.07, 6.45) is 15.0. The van der Waals surface area contributed by atoms with Crippen molar-refractivity contribution < 1.29 is 5.11 Å². The molecule has 2 aromatic heterocycles. The summed E-state index contributed by atoms with van der Waals surface area (Å²) < 4.78 is 0. The van der Waals surface area contributed by atoms with Crippen LogP contribution in [0.3, 0.4) is 0 Å². The number of benzene rings is 1. The molecule has 0 fully saturated rings. The number of rotatable bonds is 9. The molecule has 0 aliphatic carbocycles. The van der Waals surface area contributed by atoms with Gasteiger partial charge in [-0.3, -0.25) is 4.98 Å². The van der Waals surface area contributed by atoms with E-state index in [2.05, 4.69) is 57.9 Å². The minimum atomic E-state index is -0.229. The molecule has 2 heterocycles. The third-order valence-corrected chi connectivity index (χ3v) is 4.64. The maximum Gasteiger partial charge on any atom is 0.178 e. The lowest BCUT2D eigenvalue weighted by Gasteiger charge is -2.04. The monoisotopic (exact) mass is 385 g/mol. The molecule has 0 bridgehead atoms. The third-order valence-electron chi connectivity index (χ3n) is 4.64. The number of hydrogen-bond acceptors (Lipinski definition) is 4. The van der Waals surface area contributed by atoms with Gasteiger partial charge in [0, 0.05) is 24.2 Å². The van der Waals surface area contributed by atoms with Crippen molar-refractivity contribution in [2.24, 2.45) is 0 Å². The number of unbranched alkanes of at least 4 members (excludes halogenated alkanes) is 1. The van der Waals surface area contributed by atoms with E-state index in [1.807, 2.05) is 43.7 Å². The molecule has 0 aliphatic heterocycles. The van der Waals surface area contributed by atoms with Gasteiger partial charge in [0.25, 0.3) is 0 Å². The normalized spacial score (nSPS) is 12.2. The lowest BCUT2D eigenvalue weighted by atomic mass is 10.1. The van der Waals surface area contributed by atoms with Gasteiger partial charge in [0.1, 0.15) is 5.69 Å². The van der Waals surface area contributed by atoms with Crippen LogP contribution in [0.15, 0.2) is 73.7 Å². The molecule has 1 atom stereocenters. The van der Waals surface area contributed by atoms with Crippen LogP contribution in [-0.2, 0) is 6.42 Å². The van der Waals surface area contributed by atoms with E-state index >= 15 is 0 Å². The summed E-state index contributed by atoms with van der Waals surface area (Å²) in [6.45, 7) is 5.59. The average molecular weight is 386 g/mol. The molecule has 1 unspecified atom stereocenters. The molecule has 0 amide bonds. The largest absolute Gasteiger partial charge is 0.393 e. The Morgan fingerprint density at radius 2 is 1.72 bits per heavy atom. The van der Waals surface area contributed by atoms with Gasteiger partial charge >= 0.3 is 0 Å². The van der Waals surface area contributed by atoms with Crippen LogP contribution >= 0.6 is 0 Å². The van der Waals surface area contributed by atoms with Crippen LogP contribution in [0.4, 0.5) is 0 Å². The first-order valence-corrected chi connectivity index (χ1v) is 9.99. The predicted octanol–water partition coefficient (Wildman–Crippen LogP) is 5.50. The van der Waals surface area contributed by atoms with Gasteiger partial charge < -0.3 is 5.11 Å². The zero-order valence-corrected chi connectivity index (χ0v) is 16.8. The molecule has 148 valence electrons. The van der Waals surface area contributed by atoms with Gasteiger partial charge in [0.2, 0.25) is 0 Å². The molecule has 0 spiro atoms. The highest BCUT2D eigenvalue weighted by Crippen LogP contribution is 2.20. The van der Waals surface area contributed by atoms with Gasteiger partial charge in [-0.05, 0) is 55.4 Å². The van der Waals surface area contributed by atoms with Crippen molar-refractivity contribution in [2.75, 3.05) is 0 Å². The van der Waals surface area contributed by atoms with Crippen molar-refractivity contribution >= 4 is 6.08 Å². The number of aliphatic hydroxyl groups excluding tert-OH is 1. The van der Waals surface area contributed by atoms with E-state index in [4.69, 9.17) is 0 Å². The van der Waals surface area contributed by atoms with Gasteiger partial charge in [0.05, 0.1) is 6.10 Å². The number of nitrogens with zero attached hydrogens (tertiary/aromatic N) is 3. The van der Waals surface area contributed by atoms with Gasteiger partial charge in [-0.15, -0.1) is 6.58 Å². The van der Waals surface area contributed by atoms with Crippen LogP contribution in [0.1, 0.15) is 37.3 Å². The number of aliphatic hydroxyl groups is 1. The van der Waals surface area contributed by atoms with Crippen molar-refractivity contribution in [3.8, 4) is 22.6 Å². The summed E-state index contributed by atoms with van der Waals surface area (Å²) >= 11 is 0. The summed E-state index contributed by atoms with van der Waals surface area (Å²) in [6, 6.07) is 12.3. The zero-order chi connectivity index (χ0) is 20.5. The summed E-state index contributed by atoms with van der Waals surface area (Å²) in [7, 11) is 0. The van der Waals surface area contributed by atoms with Gasteiger partial charge in [-0.1, -0.05) is 48.6 Å². The van der Waals surface area contributed by atoms with Crippen LogP contribution in [0.5, 0.6) is 0 Å². The second-order valence-electron chi connectivity index (χ2n) is 7.14. The quantitative estimate of drug-likeness (QED) is 0.390. The first-order valence-electron chi connectivity index (χ1n) is 9.99. The fraction of sp³-hybridized carbons (Fsp3) is 0.240. The van der Waals surface area contributed by atoms with Gasteiger partial charge in [-0.25, -0.2) is 9.97 Å². The number of hydrogen-bond donors (Lipinski definition) is 1. The first-order chi connectivity index (χ1) is 14.2. The van der Waals surface area contributed by atoms with Crippen molar-refractivity contribution in [3.63, 3.8) is 0 Å². The molecule has 3 aromatic rings. The van der Waals surface area contributed by atoms with E-state index in [1.165, 1.54) is 5.56 Å². The van der Waals surface area contributed by atoms with E-state index in [1.54, 1.807) is 0 Å². The van der Waals surface area contributed by atoms with E-state index in [-0.39, 0.29) is 6.10 Å². The summed E-state index contributed by atoms with van der Waals surface area (Å²) in [5.74, 6) is 0.615. The Morgan fingerprint density at radius 1 is 0.966 bits per heavy atom. The minimum absolute atomic E-state index is 0.229. The van der Waals surface area contributed by atoms with Gasteiger partial charge in [0.15, 0.2) is 5.82 Å². The molecule has 29 heavy (non-hydrogen) atoms. The topological polar surface area (TPSA) is 58.9 Å². The highest BCUT2D eigenvalue weighted by Gasteiger charge is 2.05. The Kier molecular flexibility index (Phi) is 7.42. The third kappa shape index (κ3) is 6.19. The van der Waals surface area contributed by atoms with Crippen LogP contribution in [0.2, 0.25) is 0 Å². The molecular formula is C25H27N3O. The maximum atomic E-state index is 9.27. The minimum Gasteiger partial charge on any atom is -0.393 e. The van der Waals surface area contributed by atoms with Crippen LogP contribution < -0.4 is 0 Å². The van der Waals surface area contributed by atoms with Crippen molar-refractivity contribution in [2.45, 2.75) is 38.7 Å². The Morgan fingerprint density at radius 3 is 2.34 bits per heavy atom. The highest BCUT2D eigenvalue weighted by atomic mass is 16.3. The zero-order valence-electron chi connectivity index (χ0n) is 16.8. The first kappa shape index (κ1) is 20.6. The Hall–Kier alpha value is -3.11. The molecule has 4 heteroatoms. The van der Waals surface area contributed by atoms with Gasteiger partial charge in [-0.2, -0.15) is 0 Å². The molecular weight excluding hydrogens is 358 g/mol. The Balaban J connectivity index is 1.62. The lowest BCUT2D eigenvalue weighted by molar-refractivity contribution is 0.182. The summed E-state index contributed by atoms with van der Waals surface area (Å²) in [4.78, 5) is 13.5. The Bertz CT molecular complexity index is 927. The smallest absolute Gasteiger partial charge is 0.178 e. The maximum absolute atomic E-state index is 9.27. The van der Waals surface area contributed by atoms with Crippen LogP contribution in [0.25, 0.3) is 28.7 Å². The standard InChI is InChI=1S/C25H27N3O/c1-3-7-20-10-13-22(14-11-20)23-17-27-25(28-18-23)24-15-12-21(16-26-24)9-6-4-5-8-19(2)29/h3,6,9-19,29H,1,4-5,7-8H2,2H3/b9-6+. The molecule has 0 saturated heterocycles. The number of allylic oxidation sites excluding steroid dienone is 2. The van der Waals surface area contributed by atoms with Crippen molar-refractivity contribution in [1.29, 1.82) is 0 Å². The Labute approximate surface area is 172 Å². The summed E-state index contributed by atoms with van der Waals surface area (Å²) in [5, 5.41) is 9.27. The average Bonchev–Trinajstić information content (AvgIpc) is 2.75. The fourth-order valence-corrected chi connectivity index (χ4v) is 3.00. The SMILES string of the molecule is C=CCc1ccc(-c2cnc(-c3ccc(/C=C/CCCC(C)O)cn3)nc2)cc1. The second-order valence-corrected chi connectivity index (χ2v) is 7.14. The molecule has 3 rings (SSSR count). The molecule has 1 N–H and O–H groups in total. The number of aromatic nitrogens is 3.